The molecular formula is C11H13NO2S. The Balaban J connectivity index is 1.86. The molecule has 0 saturated carbocycles. The fourth-order valence-electron chi connectivity index (χ4n) is 1.59. The van der Waals surface area contributed by atoms with Gasteiger partial charge in [0.1, 0.15) is 0 Å². The van der Waals surface area contributed by atoms with Crippen molar-refractivity contribution in [2.24, 2.45) is 5.92 Å². The van der Waals surface area contributed by atoms with Gasteiger partial charge in [0.2, 0.25) is 0 Å². The average Bonchev–Trinajstić information content (AvgIpc) is 2.56. The maximum absolute atomic E-state index is 11.3. The molecule has 0 aliphatic carbocycles. The van der Waals surface area contributed by atoms with E-state index in [1.807, 2.05) is 25.1 Å². The number of pyridine rings is 1. The predicted molar refractivity (Wildman–Crippen MR) is 58.6 cm³/mol. The van der Waals surface area contributed by atoms with E-state index in [1.54, 1.807) is 18.0 Å². The van der Waals surface area contributed by atoms with E-state index in [4.69, 9.17) is 4.74 Å². The summed E-state index contributed by atoms with van der Waals surface area (Å²) >= 11 is 1.61. The van der Waals surface area contributed by atoms with Gasteiger partial charge in [-0.3, -0.25) is 4.79 Å². The summed E-state index contributed by atoms with van der Waals surface area (Å²) in [5.41, 5.74) is 0. The number of thioether (sulfide) groups is 1. The standard InChI is InChI=1S/C11H13NO2S/c1-8-6-9(11(13)14-8)7-15-10-4-2-3-5-12-10/h2-5,8-9H,6-7H2,1H3. The van der Waals surface area contributed by atoms with Gasteiger partial charge in [0.15, 0.2) is 0 Å². The van der Waals surface area contributed by atoms with E-state index in [-0.39, 0.29) is 18.0 Å². The van der Waals surface area contributed by atoms with Crippen LogP contribution < -0.4 is 0 Å². The van der Waals surface area contributed by atoms with Crippen LogP contribution in [0.25, 0.3) is 0 Å². The van der Waals surface area contributed by atoms with Crippen molar-refractivity contribution in [3.8, 4) is 0 Å². The first-order valence-corrected chi connectivity index (χ1v) is 5.98. The summed E-state index contributed by atoms with van der Waals surface area (Å²) in [6.07, 6.45) is 2.67. The first kappa shape index (κ1) is 10.5. The van der Waals surface area contributed by atoms with Crippen LogP contribution in [0.2, 0.25) is 0 Å². The Morgan fingerprint density at radius 3 is 3.07 bits per heavy atom. The van der Waals surface area contributed by atoms with Crippen LogP contribution in [0.1, 0.15) is 13.3 Å². The summed E-state index contributed by atoms with van der Waals surface area (Å²) in [6, 6.07) is 5.79. The summed E-state index contributed by atoms with van der Waals surface area (Å²) < 4.78 is 5.09. The number of esters is 1. The molecule has 1 saturated heterocycles. The van der Waals surface area contributed by atoms with Gasteiger partial charge in [0.25, 0.3) is 0 Å². The lowest BCUT2D eigenvalue weighted by Gasteiger charge is -2.03. The second kappa shape index (κ2) is 4.66. The monoisotopic (exact) mass is 223 g/mol. The highest BCUT2D eigenvalue weighted by Crippen LogP contribution is 2.27. The molecule has 15 heavy (non-hydrogen) atoms. The molecule has 1 aliphatic rings. The molecule has 1 aromatic heterocycles. The molecule has 3 nitrogen and oxygen atoms in total. The molecule has 0 bridgehead atoms. The first-order valence-electron chi connectivity index (χ1n) is 5.00. The van der Waals surface area contributed by atoms with Gasteiger partial charge in [-0.15, -0.1) is 11.8 Å². The van der Waals surface area contributed by atoms with E-state index >= 15 is 0 Å². The Kier molecular flexibility index (Phi) is 3.26. The highest BCUT2D eigenvalue weighted by Gasteiger charge is 2.31. The van der Waals surface area contributed by atoms with E-state index in [0.717, 1.165) is 17.2 Å². The molecule has 2 unspecified atom stereocenters. The van der Waals surface area contributed by atoms with Crippen molar-refractivity contribution in [2.75, 3.05) is 5.75 Å². The summed E-state index contributed by atoms with van der Waals surface area (Å²) in [5.74, 6) is 0.734. The topological polar surface area (TPSA) is 39.2 Å². The van der Waals surface area contributed by atoms with Gasteiger partial charge in [-0.2, -0.15) is 0 Å². The molecule has 2 atom stereocenters. The predicted octanol–water partition coefficient (Wildman–Crippen LogP) is 2.13. The smallest absolute Gasteiger partial charge is 0.310 e. The summed E-state index contributed by atoms with van der Waals surface area (Å²) in [6.45, 7) is 1.93. The maximum atomic E-state index is 11.3. The molecule has 0 aromatic carbocycles. The third kappa shape index (κ3) is 2.72. The highest BCUT2D eigenvalue weighted by atomic mass is 32.2. The minimum absolute atomic E-state index is 0.0343. The minimum atomic E-state index is -0.0640. The van der Waals surface area contributed by atoms with Crippen molar-refractivity contribution >= 4 is 17.7 Å². The molecule has 1 aliphatic heterocycles. The molecule has 0 radical (unpaired) electrons. The lowest BCUT2D eigenvalue weighted by molar-refractivity contribution is -0.143. The fourth-order valence-corrected chi connectivity index (χ4v) is 2.55. The van der Waals surface area contributed by atoms with Crippen LogP contribution in [-0.4, -0.2) is 22.8 Å². The van der Waals surface area contributed by atoms with Crippen LogP contribution in [-0.2, 0) is 9.53 Å². The number of hydrogen-bond acceptors (Lipinski definition) is 4. The Morgan fingerprint density at radius 2 is 2.47 bits per heavy atom. The number of cyclic esters (lactones) is 1. The number of hydrogen-bond donors (Lipinski definition) is 0. The van der Waals surface area contributed by atoms with Crippen molar-refractivity contribution in [3.63, 3.8) is 0 Å². The second-order valence-electron chi connectivity index (χ2n) is 3.66. The van der Waals surface area contributed by atoms with Crippen LogP contribution in [0.4, 0.5) is 0 Å². The number of aromatic nitrogens is 1. The van der Waals surface area contributed by atoms with Gasteiger partial charge in [-0.25, -0.2) is 4.98 Å². The van der Waals surface area contributed by atoms with Crippen molar-refractivity contribution in [3.05, 3.63) is 24.4 Å². The van der Waals surface area contributed by atoms with Crippen LogP contribution in [0.15, 0.2) is 29.4 Å². The Morgan fingerprint density at radius 1 is 1.60 bits per heavy atom. The molecule has 0 N–H and O–H groups in total. The average molecular weight is 223 g/mol. The molecule has 0 amide bonds. The molecule has 2 rings (SSSR count). The van der Waals surface area contributed by atoms with Gasteiger partial charge in [0, 0.05) is 11.9 Å². The lowest BCUT2D eigenvalue weighted by Crippen LogP contribution is -2.09. The van der Waals surface area contributed by atoms with E-state index in [2.05, 4.69) is 4.98 Å². The third-order valence-electron chi connectivity index (χ3n) is 2.34. The molecule has 4 heteroatoms. The van der Waals surface area contributed by atoms with E-state index in [9.17, 15) is 4.79 Å². The summed E-state index contributed by atoms with van der Waals surface area (Å²) in [7, 11) is 0. The number of rotatable bonds is 3. The lowest BCUT2D eigenvalue weighted by atomic mass is 10.1. The quantitative estimate of drug-likeness (QED) is 0.581. The Hall–Kier alpha value is -1.03. The van der Waals surface area contributed by atoms with Crippen LogP contribution in [0.3, 0.4) is 0 Å². The van der Waals surface area contributed by atoms with Crippen LogP contribution >= 0.6 is 11.8 Å². The summed E-state index contributed by atoms with van der Waals surface area (Å²) in [5, 5.41) is 0.963. The SMILES string of the molecule is CC1CC(CSc2ccccn2)C(=O)O1. The van der Waals surface area contributed by atoms with E-state index < -0.39 is 0 Å². The molecule has 80 valence electrons. The van der Waals surface area contributed by atoms with Gasteiger partial charge in [-0.1, -0.05) is 6.07 Å². The number of nitrogens with zero attached hydrogens (tertiary/aromatic N) is 1. The molecule has 1 aromatic rings. The van der Waals surface area contributed by atoms with E-state index in [1.165, 1.54) is 0 Å². The maximum Gasteiger partial charge on any atom is 0.310 e. The molecule has 1 fully saturated rings. The van der Waals surface area contributed by atoms with Gasteiger partial charge >= 0.3 is 5.97 Å². The van der Waals surface area contributed by atoms with Gasteiger partial charge < -0.3 is 4.74 Å². The van der Waals surface area contributed by atoms with Gasteiger partial charge in [0.05, 0.1) is 17.0 Å². The Bertz CT molecular complexity index is 342. The zero-order chi connectivity index (χ0) is 10.7. The molecule has 2 heterocycles. The third-order valence-corrected chi connectivity index (χ3v) is 3.44. The number of carbonyl (C=O) groups excluding carboxylic acids is 1. The van der Waals surface area contributed by atoms with Crippen molar-refractivity contribution in [1.82, 2.24) is 4.98 Å². The van der Waals surface area contributed by atoms with Crippen LogP contribution in [0.5, 0.6) is 0 Å². The minimum Gasteiger partial charge on any atom is -0.462 e. The second-order valence-corrected chi connectivity index (χ2v) is 4.70. The molecular weight excluding hydrogens is 210 g/mol. The molecule has 0 spiro atoms. The van der Waals surface area contributed by atoms with Crippen molar-refractivity contribution in [1.29, 1.82) is 0 Å². The normalized spacial score (nSPS) is 25.3. The van der Waals surface area contributed by atoms with E-state index in [0.29, 0.717) is 0 Å². The van der Waals surface area contributed by atoms with Gasteiger partial charge in [-0.05, 0) is 25.5 Å². The van der Waals surface area contributed by atoms with Crippen molar-refractivity contribution in [2.45, 2.75) is 24.5 Å². The zero-order valence-corrected chi connectivity index (χ0v) is 9.37. The number of ether oxygens (including phenoxy) is 1. The largest absolute Gasteiger partial charge is 0.462 e. The fraction of sp³-hybridized carbons (Fsp3) is 0.455. The summed E-state index contributed by atoms with van der Waals surface area (Å²) in [4.78, 5) is 15.5. The Labute approximate surface area is 93.2 Å². The van der Waals surface area contributed by atoms with Crippen LogP contribution in [0, 0.1) is 5.92 Å². The highest BCUT2D eigenvalue weighted by molar-refractivity contribution is 7.99. The number of carbonyl (C=O) groups is 1. The zero-order valence-electron chi connectivity index (χ0n) is 8.55. The first-order chi connectivity index (χ1) is 7.25. The van der Waals surface area contributed by atoms with Crippen molar-refractivity contribution < 1.29 is 9.53 Å².